The van der Waals surface area contributed by atoms with Crippen molar-refractivity contribution >= 4 is 23.2 Å². The summed E-state index contributed by atoms with van der Waals surface area (Å²) in [6.07, 6.45) is 12.3. The number of carbonyl (C=O) groups excluding carboxylic acids is 2. The maximum absolute atomic E-state index is 14.1. The zero-order chi connectivity index (χ0) is 30.9. The summed E-state index contributed by atoms with van der Waals surface area (Å²) < 4.78 is 6.30. The quantitative estimate of drug-likeness (QED) is 0.502. The van der Waals surface area contributed by atoms with Gasteiger partial charge in [-0.25, -0.2) is 4.98 Å². The molecule has 1 aromatic heterocycles. The van der Waals surface area contributed by atoms with Crippen molar-refractivity contribution in [3.63, 3.8) is 0 Å². The Hall–Kier alpha value is -3.59. The Morgan fingerprint density at radius 1 is 0.956 bits per heavy atom. The molecule has 1 unspecified atom stereocenters. The molecule has 1 N–H and O–H groups in total. The van der Waals surface area contributed by atoms with Gasteiger partial charge in [0, 0.05) is 63.3 Å². The Kier molecular flexibility index (Phi) is 8.71. The number of benzene rings is 1. The number of nitrogens with one attached hydrogen (secondary N) is 1. The minimum absolute atomic E-state index is 0.176. The number of fused-ring (bicyclic) bond motifs is 1. The number of hydrogen-bond acceptors (Lipinski definition) is 8. The highest BCUT2D eigenvalue weighted by Gasteiger charge is 2.35. The fourth-order valence-electron chi connectivity index (χ4n) is 8.12. The van der Waals surface area contributed by atoms with Gasteiger partial charge in [-0.05, 0) is 81.0 Å². The summed E-state index contributed by atoms with van der Waals surface area (Å²) in [5.74, 6) is 1.44. The van der Waals surface area contributed by atoms with E-state index in [1.54, 1.807) is 0 Å². The molecule has 1 saturated heterocycles. The molecule has 240 valence electrons. The molecule has 1 amide bonds. The Balaban J connectivity index is 1.19. The van der Waals surface area contributed by atoms with Crippen LogP contribution in [0.25, 0.3) is 11.1 Å². The highest BCUT2D eigenvalue weighted by molar-refractivity contribution is 6.01. The predicted molar refractivity (Wildman–Crippen MR) is 178 cm³/mol. The van der Waals surface area contributed by atoms with Crippen LogP contribution < -0.4 is 19.9 Å². The van der Waals surface area contributed by atoms with Gasteiger partial charge in [-0.3, -0.25) is 9.59 Å². The smallest absolute Gasteiger partial charge is 0.255 e. The number of aromatic nitrogens is 1. The average molecular weight is 613 g/mol. The number of ether oxygens (including phenoxy) is 1. The van der Waals surface area contributed by atoms with Crippen LogP contribution in [0.15, 0.2) is 41.7 Å². The first kappa shape index (κ1) is 30.1. The topological polar surface area (TPSA) is 81.2 Å². The summed E-state index contributed by atoms with van der Waals surface area (Å²) in [5.41, 5.74) is 6.04. The standard InChI is InChI=1S/C36H48N6O3/c1-39-14-16-41(17-15-39)34-13-12-25(22-37-34)26-20-29(35-32(21-26)42(18-19-45-35)27-8-4-3-5-9-27)36(44)38-23-30-28-10-6-7-11-31(28)40(2)24-33(30)43/h12-13,20-22,27,30H,3-11,14-19,23-24H2,1-2H3,(H,38,44). The van der Waals surface area contributed by atoms with Crippen LogP contribution in [-0.2, 0) is 4.79 Å². The molecule has 7 rings (SSSR count). The summed E-state index contributed by atoms with van der Waals surface area (Å²) in [6.45, 7) is 6.14. The first-order chi connectivity index (χ1) is 22.0. The van der Waals surface area contributed by atoms with Crippen molar-refractivity contribution in [3.8, 4) is 16.9 Å². The molecule has 2 aliphatic carbocycles. The molecule has 45 heavy (non-hydrogen) atoms. The number of Topliss-reactive ketones (excluding diaryl/α,β-unsaturated/α-hetero) is 1. The molecule has 1 atom stereocenters. The van der Waals surface area contributed by atoms with Gasteiger partial charge in [-0.2, -0.15) is 0 Å². The van der Waals surface area contributed by atoms with Gasteiger partial charge in [-0.15, -0.1) is 0 Å². The van der Waals surface area contributed by atoms with E-state index >= 15 is 0 Å². The van der Waals surface area contributed by atoms with E-state index in [1.807, 2.05) is 19.3 Å². The molecule has 3 aliphatic heterocycles. The number of likely N-dealkylation sites (N-methyl/N-ethyl adjacent to an activating group) is 2. The minimum Gasteiger partial charge on any atom is -0.489 e. The van der Waals surface area contributed by atoms with Gasteiger partial charge in [0.05, 0.1) is 30.3 Å². The lowest BCUT2D eigenvalue weighted by atomic mass is 9.81. The van der Waals surface area contributed by atoms with Crippen molar-refractivity contribution in [2.75, 3.05) is 76.3 Å². The third-order valence-electron chi connectivity index (χ3n) is 10.7. The summed E-state index contributed by atoms with van der Waals surface area (Å²) in [6, 6.07) is 8.86. The second-order valence-electron chi connectivity index (χ2n) is 13.7. The number of allylic oxidation sites excluding steroid dienone is 1. The van der Waals surface area contributed by atoms with Crippen molar-refractivity contribution in [1.82, 2.24) is 20.1 Å². The molecule has 9 nitrogen and oxygen atoms in total. The van der Waals surface area contributed by atoms with Crippen molar-refractivity contribution in [1.29, 1.82) is 0 Å². The summed E-state index contributed by atoms with van der Waals surface area (Å²) in [7, 11) is 4.18. The number of hydrogen-bond donors (Lipinski definition) is 1. The normalized spacial score (nSPS) is 23.0. The number of piperazine rings is 1. The maximum atomic E-state index is 14.1. The predicted octanol–water partition coefficient (Wildman–Crippen LogP) is 4.72. The molecule has 4 heterocycles. The molecule has 1 aromatic carbocycles. The van der Waals surface area contributed by atoms with Gasteiger partial charge in [-0.1, -0.05) is 19.3 Å². The molecule has 5 aliphatic rings. The fraction of sp³-hybridized carbons (Fsp3) is 0.583. The molecule has 9 heteroatoms. The van der Waals surface area contributed by atoms with E-state index in [9.17, 15) is 9.59 Å². The SMILES string of the molecule is CN1CCN(c2ccc(-c3cc(C(=O)NCC4C(=O)CN(C)C5=C4CCCC5)c4c(c3)N(C3CCCCC3)CCO4)cn2)CC1. The molecular formula is C36H48N6O3. The maximum Gasteiger partial charge on any atom is 0.255 e. The van der Waals surface area contributed by atoms with Gasteiger partial charge in [0.25, 0.3) is 5.91 Å². The van der Waals surface area contributed by atoms with Crippen molar-refractivity contribution in [2.45, 2.75) is 63.8 Å². The van der Waals surface area contributed by atoms with Crippen LogP contribution in [-0.4, -0.2) is 99.0 Å². The van der Waals surface area contributed by atoms with E-state index in [0.29, 0.717) is 37.1 Å². The third-order valence-corrected chi connectivity index (χ3v) is 10.7. The number of rotatable bonds is 6. The van der Waals surface area contributed by atoms with Crippen LogP contribution in [0, 0.1) is 5.92 Å². The van der Waals surface area contributed by atoms with E-state index in [-0.39, 0.29) is 17.6 Å². The van der Waals surface area contributed by atoms with Crippen LogP contribution in [0.4, 0.5) is 11.5 Å². The third kappa shape index (κ3) is 6.16. The first-order valence-corrected chi connectivity index (χ1v) is 17.2. The second kappa shape index (κ2) is 13.0. The number of pyridine rings is 1. The molecule has 2 fully saturated rings. The fourth-order valence-corrected chi connectivity index (χ4v) is 8.12. The van der Waals surface area contributed by atoms with E-state index in [4.69, 9.17) is 9.72 Å². The largest absolute Gasteiger partial charge is 0.489 e. The van der Waals surface area contributed by atoms with E-state index < -0.39 is 0 Å². The summed E-state index contributed by atoms with van der Waals surface area (Å²) in [5, 5.41) is 3.19. The van der Waals surface area contributed by atoms with Crippen molar-refractivity contribution in [3.05, 3.63) is 47.3 Å². The average Bonchev–Trinajstić information content (AvgIpc) is 3.08. The lowest BCUT2D eigenvalue weighted by Crippen LogP contribution is -2.44. The van der Waals surface area contributed by atoms with Crippen LogP contribution >= 0.6 is 0 Å². The summed E-state index contributed by atoms with van der Waals surface area (Å²) in [4.78, 5) is 41.4. The molecule has 0 radical (unpaired) electrons. The van der Waals surface area contributed by atoms with E-state index in [2.05, 4.69) is 50.2 Å². The monoisotopic (exact) mass is 612 g/mol. The Labute approximate surface area is 267 Å². The number of anilines is 2. The molecular weight excluding hydrogens is 564 g/mol. The highest BCUT2D eigenvalue weighted by atomic mass is 16.5. The number of nitrogens with zero attached hydrogens (tertiary/aromatic N) is 5. The zero-order valence-corrected chi connectivity index (χ0v) is 27.0. The first-order valence-electron chi connectivity index (χ1n) is 17.2. The van der Waals surface area contributed by atoms with Crippen LogP contribution in [0.5, 0.6) is 5.75 Å². The second-order valence-corrected chi connectivity index (χ2v) is 13.7. The lowest BCUT2D eigenvalue weighted by molar-refractivity contribution is -0.123. The Bertz CT molecular complexity index is 1440. The van der Waals surface area contributed by atoms with Gasteiger partial charge < -0.3 is 29.7 Å². The number of carbonyl (C=O) groups is 2. The lowest BCUT2D eigenvalue weighted by Gasteiger charge is -2.40. The van der Waals surface area contributed by atoms with Crippen LogP contribution in [0.2, 0.25) is 0 Å². The summed E-state index contributed by atoms with van der Waals surface area (Å²) >= 11 is 0. The van der Waals surface area contributed by atoms with Crippen LogP contribution in [0.1, 0.15) is 68.1 Å². The van der Waals surface area contributed by atoms with Gasteiger partial charge in [0.1, 0.15) is 12.4 Å². The molecule has 0 bridgehead atoms. The number of amides is 1. The van der Waals surface area contributed by atoms with E-state index in [0.717, 1.165) is 81.0 Å². The van der Waals surface area contributed by atoms with Crippen molar-refractivity contribution < 1.29 is 14.3 Å². The Morgan fingerprint density at radius 2 is 1.76 bits per heavy atom. The number of ketones is 1. The van der Waals surface area contributed by atoms with Gasteiger partial charge in [0.15, 0.2) is 11.5 Å². The molecule has 0 spiro atoms. The van der Waals surface area contributed by atoms with Crippen molar-refractivity contribution in [2.24, 2.45) is 5.92 Å². The zero-order valence-electron chi connectivity index (χ0n) is 27.0. The highest BCUT2D eigenvalue weighted by Crippen LogP contribution is 2.42. The van der Waals surface area contributed by atoms with Gasteiger partial charge >= 0.3 is 0 Å². The van der Waals surface area contributed by atoms with E-state index in [1.165, 1.54) is 43.4 Å². The van der Waals surface area contributed by atoms with Gasteiger partial charge in [0.2, 0.25) is 0 Å². The minimum atomic E-state index is -0.245. The molecule has 1 saturated carbocycles. The molecule has 2 aromatic rings. The van der Waals surface area contributed by atoms with Crippen LogP contribution in [0.3, 0.4) is 0 Å². The Morgan fingerprint density at radius 3 is 2.53 bits per heavy atom.